The maximum absolute atomic E-state index is 12.5. The molecule has 0 aromatic rings. The molecule has 9 atom stereocenters. The van der Waals surface area contributed by atoms with Gasteiger partial charge in [-0.05, 0) is 84.9 Å². The highest BCUT2D eigenvalue weighted by Gasteiger charge is 2.64. The number of likely N-dealkylation sites (tertiary alicyclic amines) is 1. The van der Waals surface area contributed by atoms with Crippen molar-refractivity contribution in [2.75, 3.05) is 14.2 Å². The quantitative estimate of drug-likeness (QED) is 0.477. The van der Waals surface area contributed by atoms with Crippen molar-refractivity contribution in [3.8, 4) is 0 Å². The summed E-state index contributed by atoms with van der Waals surface area (Å²) in [5.41, 5.74) is 0.749. The summed E-state index contributed by atoms with van der Waals surface area (Å²) >= 11 is 0. The molecule has 3 aliphatic carbocycles. The Morgan fingerprint density at radius 3 is 2.42 bits per heavy atom. The average Bonchev–Trinajstić information content (AvgIpc) is 3.08. The van der Waals surface area contributed by atoms with E-state index in [4.69, 9.17) is 4.74 Å². The minimum atomic E-state index is 0.269. The molecule has 0 radical (unpaired) electrons. The second kappa shape index (κ2) is 8.65. The summed E-state index contributed by atoms with van der Waals surface area (Å²) in [6, 6.07) is 0.358. The van der Waals surface area contributed by atoms with Gasteiger partial charge in [0.15, 0.2) is 0 Å². The molecule has 1 saturated heterocycles. The fourth-order valence-corrected chi connectivity index (χ4v) is 9.33. The van der Waals surface area contributed by atoms with E-state index in [1.807, 2.05) is 7.11 Å². The zero-order valence-corrected chi connectivity index (χ0v) is 21.5. The molecule has 3 heteroatoms. The van der Waals surface area contributed by atoms with Crippen LogP contribution in [0.3, 0.4) is 0 Å². The smallest absolute Gasteiger partial charge is 0.222 e. The van der Waals surface area contributed by atoms with Gasteiger partial charge in [-0.1, -0.05) is 53.9 Å². The molecule has 31 heavy (non-hydrogen) atoms. The van der Waals surface area contributed by atoms with E-state index in [1.54, 1.807) is 0 Å². The van der Waals surface area contributed by atoms with Crippen molar-refractivity contribution < 1.29 is 9.53 Å². The zero-order chi connectivity index (χ0) is 22.6. The van der Waals surface area contributed by atoms with Crippen LogP contribution in [0.1, 0.15) is 98.8 Å². The van der Waals surface area contributed by atoms with E-state index in [-0.39, 0.29) is 5.41 Å². The van der Waals surface area contributed by atoms with Crippen LogP contribution in [0.15, 0.2) is 0 Å². The topological polar surface area (TPSA) is 29.5 Å². The lowest BCUT2D eigenvalue weighted by atomic mass is 9.45. The highest BCUT2D eigenvalue weighted by molar-refractivity contribution is 5.77. The summed E-state index contributed by atoms with van der Waals surface area (Å²) in [6.45, 7) is 12.4. The van der Waals surface area contributed by atoms with Crippen LogP contribution in [0.4, 0.5) is 0 Å². The van der Waals surface area contributed by atoms with E-state index in [2.05, 4.69) is 46.6 Å². The van der Waals surface area contributed by atoms with Crippen molar-refractivity contribution >= 4 is 5.91 Å². The van der Waals surface area contributed by atoms with Crippen LogP contribution in [0.5, 0.6) is 0 Å². The van der Waals surface area contributed by atoms with Gasteiger partial charge in [0.2, 0.25) is 5.91 Å². The number of ether oxygens (including phenoxy) is 1. The average molecular weight is 432 g/mol. The molecule has 0 aromatic heterocycles. The van der Waals surface area contributed by atoms with Crippen molar-refractivity contribution in [1.82, 2.24) is 4.90 Å². The highest BCUT2D eigenvalue weighted by Crippen LogP contribution is 2.67. The largest absolute Gasteiger partial charge is 0.381 e. The minimum Gasteiger partial charge on any atom is -0.381 e. The number of amides is 1. The zero-order valence-electron chi connectivity index (χ0n) is 21.5. The Balaban J connectivity index is 1.56. The van der Waals surface area contributed by atoms with Gasteiger partial charge in [-0.2, -0.15) is 0 Å². The normalized spacial score (nSPS) is 45.9. The molecule has 178 valence electrons. The molecule has 3 nitrogen and oxygen atoms in total. The number of rotatable bonds is 6. The van der Waals surface area contributed by atoms with Crippen LogP contribution in [-0.2, 0) is 9.53 Å². The lowest BCUT2D eigenvalue weighted by Crippen LogP contribution is -2.65. The van der Waals surface area contributed by atoms with Crippen molar-refractivity contribution in [2.45, 2.75) is 111 Å². The fourth-order valence-electron chi connectivity index (χ4n) is 9.33. The Morgan fingerprint density at radius 2 is 1.74 bits per heavy atom. The van der Waals surface area contributed by atoms with Gasteiger partial charge >= 0.3 is 0 Å². The van der Waals surface area contributed by atoms with Crippen molar-refractivity contribution in [3.05, 3.63) is 0 Å². The molecule has 4 rings (SSSR count). The molecule has 0 aromatic carbocycles. The van der Waals surface area contributed by atoms with Gasteiger partial charge in [0, 0.05) is 26.6 Å². The third-order valence-corrected chi connectivity index (χ3v) is 11.1. The maximum Gasteiger partial charge on any atom is 0.222 e. The van der Waals surface area contributed by atoms with Gasteiger partial charge < -0.3 is 9.64 Å². The highest BCUT2D eigenvalue weighted by atomic mass is 16.5. The van der Waals surface area contributed by atoms with Crippen molar-refractivity contribution in [3.63, 3.8) is 0 Å². The molecule has 0 bridgehead atoms. The Bertz CT molecular complexity index is 661. The molecule has 0 N–H and O–H groups in total. The van der Waals surface area contributed by atoms with E-state index in [9.17, 15) is 4.79 Å². The Kier molecular flexibility index (Phi) is 6.58. The van der Waals surface area contributed by atoms with E-state index in [0.717, 1.165) is 42.9 Å². The lowest BCUT2D eigenvalue weighted by Gasteiger charge is -2.63. The Morgan fingerprint density at radius 1 is 1.03 bits per heavy atom. The summed E-state index contributed by atoms with van der Waals surface area (Å²) < 4.78 is 6.24. The summed E-state index contributed by atoms with van der Waals surface area (Å²) in [4.78, 5) is 14.6. The third kappa shape index (κ3) is 3.79. The van der Waals surface area contributed by atoms with E-state index in [1.165, 1.54) is 44.9 Å². The molecule has 0 spiro atoms. The number of nitrogens with zero attached hydrogens (tertiary/aromatic N) is 1. The first-order valence-electron chi connectivity index (χ1n) is 13.4. The number of piperidine rings is 1. The van der Waals surface area contributed by atoms with Crippen LogP contribution >= 0.6 is 0 Å². The van der Waals surface area contributed by atoms with Gasteiger partial charge in [0.1, 0.15) is 0 Å². The molecule has 4 aliphatic rings. The predicted octanol–water partition coefficient (Wildman–Crippen LogP) is 6.55. The summed E-state index contributed by atoms with van der Waals surface area (Å²) in [6.07, 6.45) is 12.9. The van der Waals surface area contributed by atoms with Crippen LogP contribution in [0, 0.1) is 46.3 Å². The Labute approximate surface area is 192 Å². The van der Waals surface area contributed by atoms with Crippen LogP contribution in [0.25, 0.3) is 0 Å². The summed E-state index contributed by atoms with van der Waals surface area (Å²) in [5, 5.41) is 0. The van der Waals surface area contributed by atoms with Crippen LogP contribution in [0.2, 0.25) is 0 Å². The van der Waals surface area contributed by atoms with Crippen molar-refractivity contribution in [1.29, 1.82) is 0 Å². The second-order valence-electron chi connectivity index (χ2n) is 12.9. The summed E-state index contributed by atoms with van der Waals surface area (Å²) in [5.74, 6) is 5.08. The number of hydrogen-bond donors (Lipinski definition) is 0. The number of methoxy groups -OCH3 is 1. The molecule has 3 saturated carbocycles. The molecule has 1 amide bonds. The number of carbonyl (C=O) groups excluding carboxylic acids is 1. The number of carbonyl (C=O) groups is 1. The molecule has 1 heterocycles. The molecular weight excluding hydrogens is 382 g/mol. The maximum atomic E-state index is 12.5. The SMILES string of the molecule is CO[C@H]1C[C@H]2N(C)C(=O)CC[C@]2(C)[C@H]2CC[C@]3(C)[C@@H]([C@H](C)CCCC(C)C)CC[C@H]3[C@H]12. The fraction of sp³-hybridized carbons (Fsp3) is 0.964. The summed E-state index contributed by atoms with van der Waals surface area (Å²) in [7, 11) is 3.98. The van der Waals surface area contributed by atoms with Gasteiger partial charge in [-0.3, -0.25) is 4.79 Å². The van der Waals surface area contributed by atoms with Gasteiger partial charge in [0.25, 0.3) is 0 Å². The minimum absolute atomic E-state index is 0.269. The standard InChI is InChI=1S/C28H49NO2/c1-18(2)9-8-10-19(3)20-11-12-21-26-22(13-15-27(20,21)4)28(5)16-14-25(30)29(6)24(28)17-23(26)31-7/h18-24,26H,8-17H2,1-7H3/t19-,20-,21+,22+,23+,24-,26+,27-,28-/m1/s1. The van der Waals surface area contributed by atoms with Gasteiger partial charge in [0.05, 0.1) is 6.10 Å². The van der Waals surface area contributed by atoms with E-state index < -0.39 is 0 Å². The second-order valence-corrected chi connectivity index (χ2v) is 12.9. The number of hydrogen-bond acceptors (Lipinski definition) is 2. The first-order valence-corrected chi connectivity index (χ1v) is 13.4. The van der Waals surface area contributed by atoms with E-state index in [0.29, 0.717) is 35.3 Å². The first kappa shape index (κ1) is 23.6. The molecular formula is C28H49NO2. The molecule has 0 unspecified atom stereocenters. The molecule has 1 aliphatic heterocycles. The van der Waals surface area contributed by atoms with Gasteiger partial charge in [-0.15, -0.1) is 0 Å². The first-order chi connectivity index (χ1) is 14.6. The van der Waals surface area contributed by atoms with E-state index >= 15 is 0 Å². The van der Waals surface area contributed by atoms with Crippen LogP contribution in [-0.4, -0.2) is 37.1 Å². The Hall–Kier alpha value is -0.570. The van der Waals surface area contributed by atoms with Crippen molar-refractivity contribution in [2.24, 2.45) is 46.3 Å². The molecule has 4 fully saturated rings. The third-order valence-electron chi connectivity index (χ3n) is 11.1. The predicted molar refractivity (Wildman–Crippen MR) is 128 cm³/mol. The monoisotopic (exact) mass is 431 g/mol. The van der Waals surface area contributed by atoms with Gasteiger partial charge in [-0.25, -0.2) is 0 Å². The lowest BCUT2D eigenvalue weighted by molar-refractivity contribution is -0.186. The number of fused-ring (bicyclic) bond motifs is 5. The van der Waals surface area contributed by atoms with Crippen LogP contribution < -0.4 is 0 Å².